The van der Waals surface area contributed by atoms with Crippen LogP contribution in [0.3, 0.4) is 0 Å². The first-order valence-corrected chi connectivity index (χ1v) is 33.4. The Morgan fingerprint density at radius 1 is 0.345 bits per heavy atom. The second-order valence-corrected chi connectivity index (χ2v) is 26.5. The van der Waals surface area contributed by atoms with Gasteiger partial charge in [0, 0.05) is 78.5 Å². The van der Waals surface area contributed by atoms with Crippen molar-refractivity contribution in [2.24, 2.45) is 0 Å². The first-order valence-electron chi connectivity index (χ1n) is 28.6. The quantitative estimate of drug-likeness (QED) is 0.0687. The van der Waals surface area contributed by atoms with Crippen LogP contribution < -0.4 is 14.2 Å². The lowest BCUT2D eigenvalue weighted by atomic mass is 10.1. The number of piperazine rings is 3. The number of carbonyl (C=O) groups is 3. The van der Waals surface area contributed by atoms with Gasteiger partial charge in [-0.1, -0.05) is 148 Å². The summed E-state index contributed by atoms with van der Waals surface area (Å²) in [5, 5.41) is 0. The molecule has 9 rings (SSSR count). The lowest BCUT2D eigenvalue weighted by Gasteiger charge is -2.34. The zero-order valence-electron chi connectivity index (χ0n) is 48.2. The van der Waals surface area contributed by atoms with E-state index in [1.165, 1.54) is 18.5 Å². The highest BCUT2D eigenvalue weighted by Crippen LogP contribution is 2.24. The molecular formula is C63H78N6O12S3. The number of amides is 3. The second kappa shape index (κ2) is 31.7. The van der Waals surface area contributed by atoms with Crippen LogP contribution >= 0.6 is 0 Å². The van der Waals surface area contributed by atoms with Gasteiger partial charge >= 0.3 is 0 Å². The topological polar surface area (TPSA) is 201 Å². The third kappa shape index (κ3) is 19.5. The van der Waals surface area contributed by atoms with Gasteiger partial charge in [0.25, 0.3) is 17.7 Å². The van der Waals surface area contributed by atoms with Crippen molar-refractivity contribution in [2.45, 2.75) is 45.8 Å². The summed E-state index contributed by atoms with van der Waals surface area (Å²) in [6, 6.07) is 52.2. The minimum absolute atomic E-state index is 0.0207. The molecule has 3 heterocycles. The minimum Gasteiger partial charge on any atom is -0.484 e. The molecule has 18 nitrogen and oxygen atoms in total. The summed E-state index contributed by atoms with van der Waals surface area (Å²) in [5.74, 6) is 1.85. The summed E-state index contributed by atoms with van der Waals surface area (Å²) >= 11 is 0. The van der Waals surface area contributed by atoms with Crippen molar-refractivity contribution in [3.63, 3.8) is 0 Å². The molecule has 0 atom stereocenters. The van der Waals surface area contributed by atoms with E-state index in [1.807, 2.05) is 166 Å². The van der Waals surface area contributed by atoms with Gasteiger partial charge in [-0.05, 0) is 89.0 Å². The van der Waals surface area contributed by atoms with E-state index in [-0.39, 0.29) is 54.8 Å². The number of hydrogen-bond acceptors (Lipinski definition) is 12. The molecule has 3 aliphatic heterocycles. The lowest BCUT2D eigenvalue weighted by molar-refractivity contribution is -0.135. The maximum Gasteiger partial charge on any atom is 0.260 e. The highest BCUT2D eigenvalue weighted by atomic mass is 32.2. The third-order valence-corrected chi connectivity index (χ3v) is 20.4. The Bertz CT molecular complexity index is 3340. The lowest BCUT2D eigenvalue weighted by Crippen LogP contribution is -2.52. The SMILES string of the molecule is CCCS(=O)(=O)N1CCN(C(=O)COc2ccc(-c3ccccc3)cc2)CC1.CCCS(=O)(=O)N1CCN(C(=O)COc2ccc(CC)cc2)CC1.O=C(COc1ccc(-c2ccccc2)cc1)N1CCN(S(=O)(=O)Cc2ccccc2)CC1. The van der Waals surface area contributed by atoms with Crippen LogP contribution in [-0.2, 0) is 56.6 Å². The van der Waals surface area contributed by atoms with Crippen LogP contribution in [0.25, 0.3) is 22.3 Å². The molecule has 0 spiro atoms. The Balaban J connectivity index is 0.000000183. The van der Waals surface area contributed by atoms with Gasteiger partial charge < -0.3 is 28.9 Å². The molecule has 3 fully saturated rings. The number of ether oxygens (including phenoxy) is 3. The molecule has 0 bridgehead atoms. The van der Waals surface area contributed by atoms with Crippen LogP contribution in [-0.4, -0.2) is 180 Å². The molecule has 0 radical (unpaired) electrons. The smallest absolute Gasteiger partial charge is 0.260 e. The van der Waals surface area contributed by atoms with Gasteiger partial charge in [0.1, 0.15) is 17.2 Å². The molecule has 0 aliphatic carbocycles. The number of carbonyl (C=O) groups excluding carboxylic acids is 3. The molecule has 450 valence electrons. The van der Waals surface area contributed by atoms with E-state index in [1.54, 1.807) is 26.8 Å². The average molecular weight is 1210 g/mol. The summed E-state index contributed by atoms with van der Waals surface area (Å²) in [7, 11) is -9.78. The van der Waals surface area contributed by atoms with Gasteiger partial charge in [-0.25, -0.2) is 25.3 Å². The maximum absolute atomic E-state index is 12.7. The number of aryl methyl sites for hydroxylation is 1. The van der Waals surface area contributed by atoms with E-state index in [0.29, 0.717) is 109 Å². The molecule has 0 aromatic heterocycles. The van der Waals surface area contributed by atoms with Crippen molar-refractivity contribution in [3.05, 3.63) is 175 Å². The number of nitrogens with zero attached hydrogens (tertiary/aromatic N) is 6. The second-order valence-electron chi connectivity index (χ2n) is 20.4. The fourth-order valence-corrected chi connectivity index (χ4v) is 14.1. The predicted molar refractivity (Wildman–Crippen MR) is 328 cm³/mol. The zero-order chi connectivity index (χ0) is 60.0. The van der Waals surface area contributed by atoms with E-state index in [2.05, 4.69) is 6.92 Å². The standard InChI is InChI=1S/C25H26N2O4S.C21H26N2O4S.C17H26N2O4S/c28-25(19-31-24-13-11-23(12-14-24)22-9-5-2-6-10-22)26-15-17-27(18-16-26)32(29,30)20-21-7-3-1-4-8-21;1-2-16-28(25,26)23-14-12-22(13-15-23)21(24)17-27-20-10-8-19(9-11-20)18-6-4-3-5-7-18;1-3-13-24(21,22)19-11-9-18(10-12-19)17(20)14-23-16-7-5-15(4-2)6-8-16/h1-14H,15-20H2;3-11H,2,12-17H2,1H3;5-8H,3-4,9-14H2,1-2H3. The summed E-state index contributed by atoms with van der Waals surface area (Å²) in [5.41, 5.74) is 6.40. The van der Waals surface area contributed by atoms with Crippen molar-refractivity contribution in [1.82, 2.24) is 27.6 Å². The highest BCUT2D eigenvalue weighted by molar-refractivity contribution is 7.89. The molecule has 3 saturated heterocycles. The largest absolute Gasteiger partial charge is 0.484 e. The molecule has 84 heavy (non-hydrogen) atoms. The van der Waals surface area contributed by atoms with Crippen LogP contribution in [0.4, 0.5) is 0 Å². The molecule has 0 unspecified atom stereocenters. The first-order chi connectivity index (χ1) is 40.5. The van der Waals surface area contributed by atoms with Crippen LogP contribution in [0.15, 0.2) is 164 Å². The molecule has 3 aliphatic rings. The fraction of sp³-hybridized carbons (Fsp3) is 0.381. The molecule has 0 saturated carbocycles. The van der Waals surface area contributed by atoms with Gasteiger partial charge in [-0.2, -0.15) is 12.9 Å². The molecule has 0 N–H and O–H groups in total. The van der Waals surface area contributed by atoms with Crippen LogP contribution in [0, 0.1) is 0 Å². The Hall–Kier alpha value is -7.14. The Morgan fingerprint density at radius 3 is 0.940 bits per heavy atom. The molecule has 21 heteroatoms. The van der Waals surface area contributed by atoms with Crippen molar-refractivity contribution in [1.29, 1.82) is 0 Å². The summed E-state index contributed by atoms with van der Waals surface area (Å²) in [6.45, 7) is 10.0. The monoisotopic (exact) mass is 1210 g/mol. The highest BCUT2D eigenvalue weighted by Gasteiger charge is 2.31. The van der Waals surface area contributed by atoms with Crippen molar-refractivity contribution >= 4 is 47.8 Å². The Morgan fingerprint density at radius 2 is 0.631 bits per heavy atom. The number of sulfonamides is 3. The number of benzene rings is 6. The molecular weight excluding hydrogens is 1130 g/mol. The van der Waals surface area contributed by atoms with E-state index in [9.17, 15) is 39.6 Å². The average Bonchev–Trinajstić information content (AvgIpc) is 3.59. The Labute approximate surface area is 496 Å². The van der Waals surface area contributed by atoms with Crippen LogP contribution in [0.2, 0.25) is 0 Å². The third-order valence-electron chi connectivity index (χ3n) is 14.4. The van der Waals surface area contributed by atoms with Gasteiger partial charge in [-0.15, -0.1) is 0 Å². The van der Waals surface area contributed by atoms with Crippen molar-refractivity contribution < 1.29 is 53.8 Å². The van der Waals surface area contributed by atoms with Crippen molar-refractivity contribution in [2.75, 3.05) is 110 Å². The summed E-state index contributed by atoms with van der Waals surface area (Å²) in [6.07, 6.45) is 2.16. The number of hydrogen-bond donors (Lipinski definition) is 0. The predicted octanol–water partition coefficient (Wildman–Crippen LogP) is 7.53. The van der Waals surface area contributed by atoms with Gasteiger partial charge in [-0.3, -0.25) is 14.4 Å². The molecule has 6 aromatic carbocycles. The normalized spacial score (nSPS) is 15.4. The van der Waals surface area contributed by atoms with Gasteiger partial charge in [0.2, 0.25) is 30.1 Å². The molecule has 6 aromatic rings. The zero-order valence-corrected chi connectivity index (χ0v) is 50.7. The van der Waals surface area contributed by atoms with E-state index >= 15 is 0 Å². The van der Waals surface area contributed by atoms with Gasteiger partial charge in [0.05, 0.1) is 17.3 Å². The first kappa shape index (κ1) is 64.4. The molecule has 3 amide bonds. The fourth-order valence-electron chi connectivity index (χ4n) is 9.58. The van der Waals surface area contributed by atoms with E-state index in [0.717, 1.165) is 34.2 Å². The minimum atomic E-state index is -3.40. The van der Waals surface area contributed by atoms with E-state index in [4.69, 9.17) is 14.2 Å². The summed E-state index contributed by atoms with van der Waals surface area (Å²) < 4.78 is 94.8. The van der Waals surface area contributed by atoms with Crippen LogP contribution in [0.1, 0.15) is 44.7 Å². The maximum atomic E-state index is 12.7. The van der Waals surface area contributed by atoms with Gasteiger partial charge in [0.15, 0.2) is 19.8 Å². The van der Waals surface area contributed by atoms with E-state index < -0.39 is 30.1 Å². The number of rotatable bonds is 21. The summed E-state index contributed by atoms with van der Waals surface area (Å²) in [4.78, 5) is 42.1. The van der Waals surface area contributed by atoms with Crippen molar-refractivity contribution in [3.8, 4) is 39.5 Å². The van der Waals surface area contributed by atoms with Crippen LogP contribution in [0.5, 0.6) is 17.2 Å². The Kier molecular flexibility index (Phi) is 24.3.